The number of hydrogen-bond acceptors (Lipinski definition) is 4. The second-order valence-electron chi connectivity index (χ2n) is 9.23. The monoisotopic (exact) mass is 346 g/mol. The Morgan fingerprint density at radius 3 is 2.76 bits per heavy atom. The molecule has 4 aliphatic carbocycles. The van der Waals surface area contributed by atoms with Crippen LogP contribution < -0.4 is 0 Å². The van der Waals surface area contributed by atoms with Gasteiger partial charge in [0.15, 0.2) is 0 Å². The molecule has 0 aliphatic heterocycles. The smallest absolute Gasteiger partial charge is 0.302 e. The summed E-state index contributed by atoms with van der Waals surface area (Å²) in [7, 11) is 0. The van der Waals surface area contributed by atoms with Crippen LogP contribution in [0.3, 0.4) is 0 Å². The molecule has 3 fully saturated rings. The molecule has 0 aromatic heterocycles. The highest BCUT2D eigenvalue weighted by Crippen LogP contribution is 2.64. The van der Waals surface area contributed by atoms with E-state index < -0.39 is 11.5 Å². The van der Waals surface area contributed by atoms with Gasteiger partial charge in [0.1, 0.15) is 11.9 Å². The van der Waals surface area contributed by atoms with Gasteiger partial charge >= 0.3 is 5.97 Å². The third-order valence-electron chi connectivity index (χ3n) is 8.21. The van der Waals surface area contributed by atoms with E-state index in [2.05, 4.69) is 13.0 Å². The van der Waals surface area contributed by atoms with Crippen molar-refractivity contribution in [2.24, 2.45) is 28.6 Å². The Bertz CT molecular complexity index is 638. The van der Waals surface area contributed by atoms with Crippen molar-refractivity contribution in [1.29, 1.82) is 0 Å². The summed E-state index contributed by atoms with van der Waals surface area (Å²) in [4.78, 5) is 23.8. The Kier molecular flexibility index (Phi) is 3.91. The van der Waals surface area contributed by atoms with Crippen molar-refractivity contribution in [3.05, 3.63) is 11.6 Å². The number of carbonyl (C=O) groups excluding carboxylic acids is 2. The van der Waals surface area contributed by atoms with Crippen molar-refractivity contribution in [2.45, 2.75) is 77.9 Å². The molecule has 0 spiro atoms. The Balaban J connectivity index is 1.63. The summed E-state index contributed by atoms with van der Waals surface area (Å²) in [6.07, 6.45) is 7.88. The molecule has 0 unspecified atom stereocenters. The maximum atomic E-state index is 12.5. The molecule has 3 saturated carbocycles. The topological polar surface area (TPSA) is 63.6 Å². The summed E-state index contributed by atoms with van der Waals surface area (Å²) < 4.78 is 5.47. The summed E-state index contributed by atoms with van der Waals surface area (Å²) in [5.41, 5.74) is 0.956. The standard InChI is InChI=1S/C21H30O4/c1-12(22)25-14-8-9-20(2)13(10-14)4-5-15-16-6-7-18(23)21(16,3)19(24)11-17(15)20/h4,14-17,19,24H,5-11H2,1-3H3/t14-,15-,16-,17-,19+,20-,21-/m0/s1. The van der Waals surface area contributed by atoms with Gasteiger partial charge in [-0.3, -0.25) is 9.59 Å². The first kappa shape index (κ1) is 17.3. The second-order valence-corrected chi connectivity index (χ2v) is 9.23. The maximum absolute atomic E-state index is 12.5. The molecule has 4 rings (SSSR count). The zero-order valence-corrected chi connectivity index (χ0v) is 15.6. The van der Waals surface area contributed by atoms with Gasteiger partial charge in [0.05, 0.1) is 11.5 Å². The van der Waals surface area contributed by atoms with Gasteiger partial charge in [0.2, 0.25) is 0 Å². The van der Waals surface area contributed by atoms with E-state index in [1.165, 1.54) is 12.5 Å². The SMILES string of the molecule is CC(=O)O[C@H]1CC[C@@]2(C)C(=CC[C@H]3[C@@H]4CCC(=O)[C@@]4(C)[C@H](O)C[C@@H]32)C1. The van der Waals surface area contributed by atoms with Crippen molar-refractivity contribution < 1.29 is 19.4 Å². The summed E-state index contributed by atoms with van der Waals surface area (Å²) in [6.45, 7) is 5.83. The Hall–Kier alpha value is -1.16. The second kappa shape index (κ2) is 5.67. The molecule has 0 saturated heterocycles. The van der Waals surface area contributed by atoms with Gasteiger partial charge in [-0.1, -0.05) is 18.6 Å². The van der Waals surface area contributed by atoms with Crippen LogP contribution in [-0.2, 0) is 14.3 Å². The minimum atomic E-state index is -0.530. The van der Waals surface area contributed by atoms with E-state index >= 15 is 0 Å². The zero-order chi connectivity index (χ0) is 18.0. The molecular weight excluding hydrogens is 316 g/mol. The van der Waals surface area contributed by atoms with Gasteiger partial charge in [0, 0.05) is 19.8 Å². The molecule has 7 atom stereocenters. The van der Waals surface area contributed by atoms with Gasteiger partial charge in [-0.15, -0.1) is 0 Å². The highest BCUT2D eigenvalue weighted by atomic mass is 16.5. The number of carbonyl (C=O) groups is 2. The number of ether oxygens (including phenoxy) is 1. The lowest BCUT2D eigenvalue weighted by molar-refractivity contribution is -0.152. The number of esters is 1. The number of ketones is 1. The normalized spacial score (nSPS) is 48.9. The largest absolute Gasteiger partial charge is 0.462 e. The van der Waals surface area contributed by atoms with Crippen molar-refractivity contribution in [3.63, 3.8) is 0 Å². The molecule has 1 N–H and O–H groups in total. The Morgan fingerprint density at radius 2 is 2.04 bits per heavy atom. The predicted octanol–water partition coefficient (Wildman–Crippen LogP) is 3.42. The average Bonchev–Trinajstić information content (AvgIpc) is 2.86. The van der Waals surface area contributed by atoms with E-state index in [9.17, 15) is 14.7 Å². The molecule has 0 aromatic rings. The lowest BCUT2D eigenvalue weighted by Gasteiger charge is -2.58. The number of aliphatic hydroxyl groups excluding tert-OH is 1. The Morgan fingerprint density at radius 1 is 1.28 bits per heavy atom. The number of aliphatic hydroxyl groups is 1. The van der Waals surface area contributed by atoms with Gasteiger partial charge in [0.25, 0.3) is 0 Å². The number of allylic oxidation sites excluding steroid dienone is 1. The van der Waals surface area contributed by atoms with Crippen molar-refractivity contribution in [3.8, 4) is 0 Å². The van der Waals surface area contributed by atoms with Crippen molar-refractivity contribution >= 4 is 11.8 Å². The van der Waals surface area contributed by atoms with Crippen LogP contribution in [0, 0.1) is 28.6 Å². The molecule has 0 amide bonds. The van der Waals surface area contributed by atoms with Crippen LogP contribution in [0.1, 0.15) is 65.7 Å². The number of hydrogen-bond donors (Lipinski definition) is 1. The average molecular weight is 346 g/mol. The molecule has 4 nitrogen and oxygen atoms in total. The van der Waals surface area contributed by atoms with E-state index in [0.29, 0.717) is 24.2 Å². The number of rotatable bonds is 1. The van der Waals surface area contributed by atoms with Crippen LogP contribution in [-0.4, -0.2) is 29.1 Å². The molecule has 0 aromatic carbocycles. The van der Waals surface area contributed by atoms with Crippen molar-refractivity contribution in [2.75, 3.05) is 0 Å². The highest BCUT2D eigenvalue weighted by Gasteiger charge is 2.62. The van der Waals surface area contributed by atoms with Crippen LogP contribution in [0.5, 0.6) is 0 Å². The summed E-state index contributed by atoms with van der Waals surface area (Å²) in [5, 5.41) is 10.9. The maximum Gasteiger partial charge on any atom is 0.302 e. The minimum Gasteiger partial charge on any atom is -0.462 e. The molecule has 4 heteroatoms. The fourth-order valence-electron chi connectivity index (χ4n) is 6.71. The van der Waals surface area contributed by atoms with Crippen LogP contribution in [0.25, 0.3) is 0 Å². The van der Waals surface area contributed by atoms with Crippen LogP contribution in [0.15, 0.2) is 11.6 Å². The third kappa shape index (κ3) is 2.36. The first-order valence-electron chi connectivity index (χ1n) is 9.85. The van der Waals surface area contributed by atoms with E-state index in [1.54, 1.807) is 0 Å². The summed E-state index contributed by atoms with van der Waals surface area (Å²) in [6, 6.07) is 0. The molecule has 138 valence electrons. The minimum absolute atomic E-state index is 0.000197. The fraction of sp³-hybridized carbons (Fsp3) is 0.810. The fourth-order valence-corrected chi connectivity index (χ4v) is 6.71. The zero-order valence-electron chi connectivity index (χ0n) is 15.6. The van der Waals surface area contributed by atoms with Crippen LogP contribution in [0.2, 0.25) is 0 Å². The van der Waals surface area contributed by atoms with E-state index in [-0.39, 0.29) is 23.3 Å². The quantitative estimate of drug-likeness (QED) is 0.584. The predicted molar refractivity (Wildman–Crippen MR) is 93.7 cm³/mol. The third-order valence-corrected chi connectivity index (χ3v) is 8.21. The first-order valence-corrected chi connectivity index (χ1v) is 9.85. The van der Waals surface area contributed by atoms with E-state index in [1.807, 2.05) is 6.92 Å². The molecule has 25 heavy (non-hydrogen) atoms. The van der Waals surface area contributed by atoms with Gasteiger partial charge in [-0.05, 0) is 62.2 Å². The van der Waals surface area contributed by atoms with E-state index in [4.69, 9.17) is 4.74 Å². The molecule has 0 bridgehead atoms. The number of Topliss-reactive ketones (excluding diaryl/α,β-unsaturated/α-hetero) is 1. The first-order chi connectivity index (χ1) is 11.8. The number of fused-ring (bicyclic) bond motifs is 5. The van der Waals surface area contributed by atoms with Crippen molar-refractivity contribution in [1.82, 2.24) is 0 Å². The van der Waals surface area contributed by atoms with Gasteiger partial charge in [-0.2, -0.15) is 0 Å². The van der Waals surface area contributed by atoms with Gasteiger partial charge < -0.3 is 9.84 Å². The van der Waals surface area contributed by atoms with Crippen LogP contribution >= 0.6 is 0 Å². The lowest BCUT2D eigenvalue weighted by atomic mass is 9.47. The summed E-state index contributed by atoms with van der Waals surface area (Å²) in [5.74, 6) is 1.32. The summed E-state index contributed by atoms with van der Waals surface area (Å²) >= 11 is 0. The molecule has 4 aliphatic rings. The van der Waals surface area contributed by atoms with Crippen LogP contribution in [0.4, 0.5) is 0 Å². The lowest BCUT2D eigenvalue weighted by Crippen LogP contribution is -2.56. The molecular formula is C21H30O4. The Labute approximate surface area is 150 Å². The molecule has 0 heterocycles. The van der Waals surface area contributed by atoms with Gasteiger partial charge in [-0.25, -0.2) is 0 Å². The molecule has 0 radical (unpaired) electrons. The highest BCUT2D eigenvalue weighted by molar-refractivity contribution is 5.87. The van der Waals surface area contributed by atoms with E-state index in [0.717, 1.165) is 38.5 Å².